The van der Waals surface area contributed by atoms with E-state index in [1.165, 1.54) is 5.56 Å². The number of para-hydroxylation sites is 2. The third-order valence-electron chi connectivity index (χ3n) is 10.5. The van der Waals surface area contributed by atoms with E-state index >= 15 is 0 Å². The lowest BCUT2D eigenvalue weighted by Gasteiger charge is -2.33. The Labute approximate surface area is 282 Å². The first-order valence-electron chi connectivity index (χ1n) is 16.6. The monoisotopic (exact) mass is 629 g/mol. The maximum atomic E-state index is 10.4. The van der Waals surface area contributed by atoms with Crippen LogP contribution < -0.4 is 4.90 Å². The predicted octanol–water partition coefficient (Wildman–Crippen LogP) is 10.8. The Hall–Kier alpha value is -6.56. The van der Waals surface area contributed by atoms with E-state index < -0.39 is 0 Å². The highest BCUT2D eigenvalue weighted by Crippen LogP contribution is 2.51. The number of hydrogen-bond acceptors (Lipinski definition) is 5. The fourth-order valence-electron chi connectivity index (χ4n) is 8.26. The van der Waals surface area contributed by atoms with E-state index in [-0.39, 0.29) is 17.9 Å². The smallest absolute Gasteiger partial charge is 0.139 e. The molecule has 7 aromatic rings. The van der Waals surface area contributed by atoms with Crippen LogP contribution in [0.25, 0.3) is 50.1 Å². The molecule has 2 aromatic heterocycles. The minimum atomic E-state index is 0.0387. The number of furan rings is 2. The van der Waals surface area contributed by atoms with Crippen molar-refractivity contribution in [1.82, 2.24) is 0 Å². The van der Waals surface area contributed by atoms with Gasteiger partial charge in [-0.1, -0.05) is 85.0 Å². The van der Waals surface area contributed by atoms with Gasteiger partial charge in [-0.25, -0.2) is 0 Å². The maximum Gasteiger partial charge on any atom is 0.139 e. The number of nitrogens with zero attached hydrogens (tertiary/aromatic N) is 3. The summed E-state index contributed by atoms with van der Waals surface area (Å²) >= 11 is 0. The van der Waals surface area contributed by atoms with E-state index in [0.717, 1.165) is 78.7 Å². The first kappa shape index (κ1) is 27.5. The lowest BCUT2D eigenvalue weighted by Crippen LogP contribution is -2.30. The van der Waals surface area contributed by atoms with Gasteiger partial charge >= 0.3 is 0 Å². The minimum absolute atomic E-state index is 0.0387. The second kappa shape index (κ2) is 10.5. The molecule has 49 heavy (non-hydrogen) atoms. The fourth-order valence-corrected chi connectivity index (χ4v) is 8.26. The molecule has 5 nitrogen and oxygen atoms in total. The highest BCUT2D eigenvalue weighted by molar-refractivity contribution is 6.11. The molecular weight excluding hydrogens is 603 g/mol. The van der Waals surface area contributed by atoms with Crippen LogP contribution in [0.4, 0.5) is 11.4 Å². The normalized spacial score (nSPS) is 18.8. The molecule has 0 fully saturated rings. The molecule has 3 unspecified atom stereocenters. The van der Waals surface area contributed by atoms with Gasteiger partial charge < -0.3 is 13.7 Å². The van der Waals surface area contributed by atoms with E-state index in [1.807, 2.05) is 54.6 Å². The van der Waals surface area contributed by atoms with Gasteiger partial charge in [0.1, 0.15) is 28.6 Å². The van der Waals surface area contributed by atoms with E-state index in [1.54, 1.807) is 0 Å². The van der Waals surface area contributed by atoms with Crippen LogP contribution in [0.3, 0.4) is 0 Å². The molecule has 0 bridgehead atoms. The van der Waals surface area contributed by atoms with Gasteiger partial charge in [0.05, 0.1) is 28.9 Å². The van der Waals surface area contributed by atoms with E-state index in [9.17, 15) is 10.5 Å². The van der Waals surface area contributed by atoms with Crippen molar-refractivity contribution >= 4 is 50.4 Å². The summed E-state index contributed by atoms with van der Waals surface area (Å²) in [4.78, 5) is 2.38. The summed E-state index contributed by atoms with van der Waals surface area (Å²) in [6.07, 6.45) is 13.8. The van der Waals surface area contributed by atoms with Crippen molar-refractivity contribution in [2.24, 2.45) is 0 Å². The highest BCUT2D eigenvalue weighted by Gasteiger charge is 2.39. The van der Waals surface area contributed by atoms with Gasteiger partial charge in [0.2, 0.25) is 0 Å². The van der Waals surface area contributed by atoms with Crippen LogP contribution >= 0.6 is 0 Å². The highest BCUT2D eigenvalue weighted by atomic mass is 16.3. The fraction of sp³-hybridized carbons (Fsp3) is 0.0909. The zero-order valence-electron chi connectivity index (χ0n) is 26.3. The Bertz CT molecular complexity index is 2710. The van der Waals surface area contributed by atoms with Crippen molar-refractivity contribution in [3.63, 3.8) is 0 Å². The standard InChI is InChI=1S/C44H27N3O2/c45-24-28-8-1-2-10-30(28)26-16-18-40-34(20-26)36-22-37-35-21-27(17-19-41(35)49-43(37)23-42(36)48-40)31-13-7-9-29(25-46)44(31)47-38-14-5-3-11-32(38)33-12-4-6-15-39(33)47/h1-20,22-23,27,32,38H,21H2. The van der Waals surface area contributed by atoms with Crippen molar-refractivity contribution in [3.05, 3.63) is 161 Å². The van der Waals surface area contributed by atoms with Crippen LogP contribution in [0.15, 0.2) is 136 Å². The number of nitriles is 2. The minimum Gasteiger partial charge on any atom is -0.456 e. The van der Waals surface area contributed by atoms with Crippen molar-refractivity contribution < 1.29 is 8.83 Å². The van der Waals surface area contributed by atoms with Crippen molar-refractivity contribution in [1.29, 1.82) is 10.5 Å². The summed E-state index contributed by atoms with van der Waals surface area (Å²) < 4.78 is 12.7. The summed E-state index contributed by atoms with van der Waals surface area (Å²) in [5, 5.41) is 23.2. The summed E-state index contributed by atoms with van der Waals surface area (Å²) in [6.45, 7) is 0. The second-order valence-electron chi connectivity index (χ2n) is 13.0. The Kier molecular flexibility index (Phi) is 5.89. The molecule has 0 N–H and O–H groups in total. The van der Waals surface area contributed by atoms with Gasteiger partial charge in [0, 0.05) is 45.3 Å². The zero-order chi connectivity index (χ0) is 32.6. The lowest BCUT2D eigenvalue weighted by atomic mass is 9.84. The van der Waals surface area contributed by atoms with Crippen LogP contribution in [0.5, 0.6) is 0 Å². The molecule has 2 aliphatic carbocycles. The Morgan fingerprint density at radius 3 is 2.35 bits per heavy atom. The summed E-state index contributed by atoms with van der Waals surface area (Å²) in [7, 11) is 0. The molecule has 230 valence electrons. The molecule has 3 atom stereocenters. The number of anilines is 2. The van der Waals surface area contributed by atoms with Gasteiger partial charge in [-0.05, 0) is 71.1 Å². The third-order valence-corrected chi connectivity index (χ3v) is 10.5. The van der Waals surface area contributed by atoms with Crippen LogP contribution in [-0.2, 0) is 6.42 Å². The number of hydrogen-bond donors (Lipinski definition) is 0. The van der Waals surface area contributed by atoms with Crippen molar-refractivity contribution in [2.45, 2.75) is 24.3 Å². The van der Waals surface area contributed by atoms with Gasteiger partial charge in [0.25, 0.3) is 0 Å². The second-order valence-corrected chi connectivity index (χ2v) is 13.0. The number of fused-ring (bicyclic) bond motifs is 9. The average molecular weight is 630 g/mol. The molecule has 3 heterocycles. The van der Waals surface area contributed by atoms with E-state index in [4.69, 9.17) is 8.83 Å². The molecule has 1 aliphatic heterocycles. The quantitative estimate of drug-likeness (QED) is 0.194. The van der Waals surface area contributed by atoms with Crippen molar-refractivity contribution in [3.8, 4) is 23.3 Å². The Morgan fingerprint density at radius 1 is 0.653 bits per heavy atom. The zero-order valence-corrected chi connectivity index (χ0v) is 26.3. The number of allylic oxidation sites excluding steroid dienone is 3. The van der Waals surface area contributed by atoms with E-state index in [0.29, 0.717) is 11.1 Å². The molecule has 3 aliphatic rings. The molecule has 0 saturated heterocycles. The van der Waals surface area contributed by atoms with Gasteiger partial charge in [-0.15, -0.1) is 0 Å². The van der Waals surface area contributed by atoms with Gasteiger partial charge in [-0.2, -0.15) is 10.5 Å². The molecule has 0 amide bonds. The number of rotatable bonds is 3. The molecule has 10 rings (SSSR count). The maximum absolute atomic E-state index is 10.4. The largest absolute Gasteiger partial charge is 0.456 e. The van der Waals surface area contributed by atoms with Crippen LogP contribution in [0, 0.1) is 22.7 Å². The number of benzene rings is 5. The summed E-state index contributed by atoms with van der Waals surface area (Å²) in [5.41, 5.74) is 11.2. The molecule has 0 saturated carbocycles. The van der Waals surface area contributed by atoms with Crippen LogP contribution in [-0.4, -0.2) is 6.04 Å². The van der Waals surface area contributed by atoms with Crippen molar-refractivity contribution in [2.75, 3.05) is 4.90 Å². The third kappa shape index (κ3) is 4.03. The predicted molar refractivity (Wildman–Crippen MR) is 194 cm³/mol. The lowest BCUT2D eigenvalue weighted by molar-refractivity contribution is 0.590. The van der Waals surface area contributed by atoms with Crippen LogP contribution in [0.2, 0.25) is 0 Å². The molecule has 5 heteroatoms. The summed E-state index contributed by atoms with van der Waals surface area (Å²) in [5.74, 6) is 1.13. The molecule has 5 aromatic carbocycles. The summed E-state index contributed by atoms with van der Waals surface area (Å²) in [6, 6.07) is 37.6. The van der Waals surface area contributed by atoms with Gasteiger partial charge in [-0.3, -0.25) is 0 Å². The first-order chi connectivity index (χ1) is 24.2. The average Bonchev–Trinajstić information content (AvgIpc) is 3.81. The van der Waals surface area contributed by atoms with E-state index in [2.05, 4.69) is 96.0 Å². The Morgan fingerprint density at radius 2 is 1.43 bits per heavy atom. The topological polar surface area (TPSA) is 77.1 Å². The first-order valence-corrected chi connectivity index (χ1v) is 16.6. The SMILES string of the molecule is N#Cc1ccccc1-c1ccc2oc3cc4oc5c(c4cc3c2c1)CC(c1cccc(C#N)c1N1c2ccccc2C2C=CC=CC21)C=C5. The van der Waals surface area contributed by atoms with Gasteiger partial charge in [0.15, 0.2) is 0 Å². The molecular formula is C44H27N3O2. The van der Waals surface area contributed by atoms with Crippen LogP contribution in [0.1, 0.15) is 45.4 Å². The molecule has 0 spiro atoms. The molecule has 0 radical (unpaired) electrons. The Balaban J connectivity index is 1.10.